The van der Waals surface area contributed by atoms with E-state index in [9.17, 15) is 18.0 Å². The van der Waals surface area contributed by atoms with E-state index in [0.29, 0.717) is 35.0 Å². The molecule has 0 aromatic heterocycles. The molecule has 1 atom stereocenters. The van der Waals surface area contributed by atoms with E-state index in [1.165, 1.54) is 28.6 Å². The average molecular weight is 456 g/mol. The predicted octanol–water partition coefficient (Wildman–Crippen LogP) is 3.82. The number of hydrogen-bond donors (Lipinski definition) is 0. The Labute approximate surface area is 179 Å². The third-order valence-corrected chi connectivity index (χ3v) is 7.06. The summed E-state index contributed by atoms with van der Waals surface area (Å²) in [6, 6.07) is 12.2. The van der Waals surface area contributed by atoms with E-state index >= 15 is 0 Å². The van der Waals surface area contributed by atoms with Gasteiger partial charge in [0.15, 0.2) is 12.4 Å². The molecule has 9 heteroatoms. The quantitative estimate of drug-likeness (QED) is 0.488. The number of piperidine rings is 1. The van der Waals surface area contributed by atoms with Crippen LogP contribution < -0.4 is 0 Å². The van der Waals surface area contributed by atoms with Crippen LogP contribution in [0.25, 0.3) is 0 Å². The lowest BCUT2D eigenvalue weighted by Crippen LogP contribution is -2.42. The second-order valence-corrected chi connectivity index (χ2v) is 9.50. The summed E-state index contributed by atoms with van der Waals surface area (Å²) >= 11 is 11.6. The summed E-state index contributed by atoms with van der Waals surface area (Å²) in [6.07, 6.45) is 1.03. The van der Waals surface area contributed by atoms with Crippen LogP contribution in [0.15, 0.2) is 53.4 Å². The zero-order chi connectivity index (χ0) is 21.0. The minimum Gasteiger partial charge on any atom is -0.457 e. The number of halogens is 2. The predicted molar refractivity (Wildman–Crippen MR) is 110 cm³/mol. The molecule has 0 radical (unpaired) electrons. The van der Waals surface area contributed by atoms with Crippen LogP contribution in [0.2, 0.25) is 10.0 Å². The van der Waals surface area contributed by atoms with Crippen molar-refractivity contribution in [2.24, 2.45) is 5.92 Å². The number of ketones is 1. The molecule has 154 valence electrons. The van der Waals surface area contributed by atoms with E-state index in [4.69, 9.17) is 27.9 Å². The fourth-order valence-electron chi connectivity index (χ4n) is 3.08. The molecular weight excluding hydrogens is 437 g/mol. The highest BCUT2D eigenvalue weighted by molar-refractivity contribution is 7.89. The first-order chi connectivity index (χ1) is 13.8. The lowest BCUT2D eigenvalue weighted by molar-refractivity contribution is -0.148. The first kappa shape index (κ1) is 21.8. The molecule has 0 amide bonds. The minimum atomic E-state index is -3.74. The first-order valence-electron chi connectivity index (χ1n) is 8.98. The van der Waals surface area contributed by atoms with Gasteiger partial charge < -0.3 is 4.74 Å². The lowest BCUT2D eigenvalue weighted by atomic mass is 10.00. The fourth-order valence-corrected chi connectivity index (χ4v) is 4.86. The zero-order valence-electron chi connectivity index (χ0n) is 15.4. The van der Waals surface area contributed by atoms with Gasteiger partial charge in [-0.15, -0.1) is 0 Å². The van der Waals surface area contributed by atoms with Gasteiger partial charge in [-0.3, -0.25) is 9.59 Å². The van der Waals surface area contributed by atoms with Crippen LogP contribution in [-0.4, -0.2) is 44.2 Å². The van der Waals surface area contributed by atoms with Gasteiger partial charge >= 0.3 is 5.97 Å². The molecule has 1 saturated heterocycles. The summed E-state index contributed by atoms with van der Waals surface area (Å²) in [6.45, 7) is -0.0712. The Kier molecular flexibility index (Phi) is 6.95. The number of rotatable bonds is 6. The number of carbonyl (C=O) groups excluding carboxylic acids is 2. The Morgan fingerprint density at radius 3 is 2.21 bits per heavy atom. The van der Waals surface area contributed by atoms with Crippen LogP contribution in [0.3, 0.4) is 0 Å². The van der Waals surface area contributed by atoms with E-state index in [1.54, 1.807) is 24.3 Å². The van der Waals surface area contributed by atoms with Gasteiger partial charge in [-0.2, -0.15) is 4.31 Å². The number of esters is 1. The summed E-state index contributed by atoms with van der Waals surface area (Å²) < 4.78 is 32.0. The van der Waals surface area contributed by atoms with Crippen LogP contribution in [0, 0.1) is 5.92 Å². The molecule has 3 rings (SSSR count). The first-order valence-corrected chi connectivity index (χ1v) is 11.2. The fraction of sp³-hybridized carbons (Fsp3) is 0.300. The summed E-state index contributed by atoms with van der Waals surface area (Å²) in [4.78, 5) is 24.7. The topological polar surface area (TPSA) is 80.8 Å². The van der Waals surface area contributed by atoms with Crippen molar-refractivity contribution >= 4 is 45.0 Å². The smallest absolute Gasteiger partial charge is 0.310 e. The molecule has 1 aliphatic rings. The number of hydrogen-bond acceptors (Lipinski definition) is 5. The van der Waals surface area contributed by atoms with Crippen molar-refractivity contribution in [3.8, 4) is 0 Å². The Morgan fingerprint density at radius 2 is 1.59 bits per heavy atom. The number of carbonyl (C=O) groups is 2. The van der Waals surface area contributed by atoms with Gasteiger partial charge in [0.1, 0.15) is 0 Å². The molecule has 0 bridgehead atoms. The highest BCUT2D eigenvalue weighted by Crippen LogP contribution is 2.25. The van der Waals surface area contributed by atoms with Gasteiger partial charge in [-0.25, -0.2) is 8.42 Å². The molecule has 29 heavy (non-hydrogen) atoms. The number of sulfonamides is 1. The molecule has 0 aliphatic carbocycles. The maximum Gasteiger partial charge on any atom is 0.310 e. The molecule has 1 aliphatic heterocycles. The number of nitrogens with zero attached hydrogens (tertiary/aromatic N) is 1. The number of benzene rings is 2. The van der Waals surface area contributed by atoms with Gasteiger partial charge in [-0.05, 0) is 61.4 Å². The maximum absolute atomic E-state index is 12.8. The molecular formula is C20H19Cl2NO5S. The molecule has 0 N–H and O–H groups in total. The SMILES string of the molecule is O=C(COC(=O)C1CCCN(S(=O)(=O)c2ccc(Cl)cc2)C1)c1ccc(Cl)cc1. The third-order valence-electron chi connectivity index (χ3n) is 4.68. The lowest BCUT2D eigenvalue weighted by Gasteiger charge is -2.30. The summed E-state index contributed by atoms with van der Waals surface area (Å²) in [5.41, 5.74) is 0.387. The number of ether oxygens (including phenoxy) is 1. The molecule has 1 fully saturated rings. The molecule has 0 saturated carbocycles. The maximum atomic E-state index is 12.8. The van der Waals surface area contributed by atoms with Crippen LogP contribution in [0.4, 0.5) is 0 Å². The van der Waals surface area contributed by atoms with Crippen LogP contribution in [0.5, 0.6) is 0 Å². The molecule has 1 heterocycles. The second-order valence-electron chi connectivity index (χ2n) is 6.69. The Hall–Kier alpha value is -1.93. The van der Waals surface area contributed by atoms with E-state index in [2.05, 4.69) is 0 Å². The van der Waals surface area contributed by atoms with E-state index in [0.717, 1.165) is 0 Å². The summed E-state index contributed by atoms with van der Waals surface area (Å²) in [5, 5.41) is 0.942. The third kappa shape index (κ3) is 5.36. The van der Waals surface area contributed by atoms with Gasteiger partial charge in [0.2, 0.25) is 10.0 Å². The van der Waals surface area contributed by atoms with Crippen LogP contribution in [0.1, 0.15) is 23.2 Å². The highest BCUT2D eigenvalue weighted by Gasteiger charge is 2.34. The number of Topliss-reactive ketones (excluding diaryl/α,β-unsaturated/α-hetero) is 1. The average Bonchev–Trinajstić information content (AvgIpc) is 2.72. The van der Waals surface area contributed by atoms with Crippen LogP contribution in [-0.2, 0) is 19.6 Å². The molecule has 2 aromatic rings. The Morgan fingerprint density at radius 1 is 1.00 bits per heavy atom. The van der Waals surface area contributed by atoms with Crippen molar-refractivity contribution in [2.45, 2.75) is 17.7 Å². The van der Waals surface area contributed by atoms with Crippen LogP contribution >= 0.6 is 23.2 Å². The highest BCUT2D eigenvalue weighted by atomic mass is 35.5. The Bertz CT molecular complexity index is 991. The standard InChI is InChI=1S/C20H19Cl2NO5S/c21-16-5-3-14(4-6-16)19(24)13-28-20(25)15-2-1-11-23(12-15)29(26,27)18-9-7-17(22)8-10-18/h3-10,15H,1-2,11-13H2. The van der Waals surface area contributed by atoms with Crippen molar-refractivity contribution < 1.29 is 22.7 Å². The minimum absolute atomic E-state index is 0.0128. The van der Waals surface area contributed by atoms with Gasteiger partial charge in [0.05, 0.1) is 10.8 Å². The van der Waals surface area contributed by atoms with Gasteiger partial charge in [0, 0.05) is 28.7 Å². The van der Waals surface area contributed by atoms with E-state index in [1.807, 2.05) is 0 Å². The van der Waals surface area contributed by atoms with E-state index in [-0.39, 0.29) is 17.2 Å². The molecule has 6 nitrogen and oxygen atoms in total. The zero-order valence-corrected chi connectivity index (χ0v) is 17.7. The van der Waals surface area contributed by atoms with Crippen molar-refractivity contribution in [3.05, 3.63) is 64.1 Å². The second kappa shape index (κ2) is 9.26. The van der Waals surface area contributed by atoms with Gasteiger partial charge in [0.25, 0.3) is 0 Å². The van der Waals surface area contributed by atoms with Crippen molar-refractivity contribution in [3.63, 3.8) is 0 Å². The molecule has 1 unspecified atom stereocenters. The largest absolute Gasteiger partial charge is 0.457 e. The van der Waals surface area contributed by atoms with Gasteiger partial charge in [-0.1, -0.05) is 23.2 Å². The van der Waals surface area contributed by atoms with E-state index < -0.39 is 28.5 Å². The van der Waals surface area contributed by atoms with Crippen molar-refractivity contribution in [2.75, 3.05) is 19.7 Å². The normalized spacial score (nSPS) is 17.7. The Balaban J connectivity index is 1.61. The summed E-state index contributed by atoms with van der Waals surface area (Å²) in [5.74, 6) is -1.55. The van der Waals surface area contributed by atoms with Crippen molar-refractivity contribution in [1.29, 1.82) is 0 Å². The molecule has 0 spiro atoms. The van der Waals surface area contributed by atoms with Crippen molar-refractivity contribution in [1.82, 2.24) is 4.31 Å². The summed E-state index contributed by atoms with van der Waals surface area (Å²) in [7, 11) is -3.74. The molecule has 2 aromatic carbocycles. The monoisotopic (exact) mass is 455 g/mol.